The van der Waals surface area contributed by atoms with E-state index in [9.17, 15) is 9.50 Å². The van der Waals surface area contributed by atoms with Crippen molar-refractivity contribution in [2.24, 2.45) is 0 Å². The number of phenolic OH excluding ortho intramolecular Hbond substituents is 1. The van der Waals surface area contributed by atoms with Crippen LogP contribution in [0.3, 0.4) is 0 Å². The predicted octanol–water partition coefficient (Wildman–Crippen LogP) is 2.91. The van der Waals surface area contributed by atoms with Crippen LogP contribution < -0.4 is 0 Å². The Balaban J connectivity index is 3.46. The van der Waals surface area contributed by atoms with E-state index < -0.39 is 0 Å². The minimum atomic E-state index is -0.269. The molecule has 0 saturated heterocycles. The first-order valence-corrected chi connectivity index (χ1v) is 3.97. The second-order valence-corrected chi connectivity index (χ2v) is 3.26. The van der Waals surface area contributed by atoms with Gasteiger partial charge in [0.1, 0.15) is 11.6 Å². The first kappa shape index (κ1) is 8.53. The Hall–Kier alpha value is -0.570. The van der Waals surface area contributed by atoms with E-state index in [1.807, 2.05) is 0 Å². The van der Waals surface area contributed by atoms with Gasteiger partial charge >= 0.3 is 0 Å². The van der Waals surface area contributed by atoms with Gasteiger partial charge in [-0.1, -0.05) is 0 Å². The van der Waals surface area contributed by atoms with Gasteiger partial charge in [-0.3, -0.25) is 0 Å². The molecule has 60 valence electrons. The molecule has 1 aromatic rings. The highest BCUT2D eigenvalue weighted by Gasteiger charge is 2.09. The zero-order chi connectivity index (χ0) is 8.59. The lowest BCUT2D eigenvalue weighted by atomic mass is 10.1. The highest BCUT2D eigenvalue weighted by molar-refractivity contribution is 9.10. The quantitative estimate of drug-likeness (QED) is 0.711. The Kier molecular flexibility index (Phi) is 2.18. The summed E-state index contributed by atoms with van der Waals surface area (Å²) >= 11 is 3.07. The molecule has 0 spiro atoms. The van der Waals surface area contributed by atoms with Crippen molar-refractivity contribution in [2.45, 2.75) is 13.8 Å². The minimum Gasteiger partial charge on any atom is -0.507 e. The Morgan fingerprint density at radius 2 is 2.00 bits per heavy atom. The van der Waals surface area contributed by atoms with Crippen LogP contribution in [0.25, 0.3) is 0 Å². The lowest BCUT2D eigenvalue weighted by Crippen LogP contribution is -1.88. The molecule has 1 rings (SSSR count). The zero-order valence-corrected chi connectivity index (χ0v) is 7.87. The lowest BCUT2D eigenvalue weighted by molar-refractivity contribution is 0.467. The topological polar surface area (TPSA) is 20.2 Å². The van der Waals surface area contributed by atoms with Gasteiger partial charge in [-0.15, -0.1) is 0 Å². The molecule has 0 bridgehead atoms. The summed E-state index contributed by atoms with van der Waals surface area (Å²) in [5.74, 6) is -0.184. The van der Waals surface area contributed by atoms with Crippen LogP contribution in [0.5, 0.6) is 5.75 Å². The monoisotopic (exact) mass is 218 g/mol. The van der Waals surface area contributed by atoms with Crippen LogP contribution in [-0.2, 0) is 0 Å². The van der Waals surface area contributed by atoms with E-state index in [0.29, 0.717) is 15.6 Å². The first-order valence-electron chi connectivity index (χ1n) is 3.18. The third-order valence-corrected chi connectivity index (χ3v) is 2.58. The van der Waals surface area contributed by atoms with Gasteiger partial charge in [0.2, 0.25) is 0 Å². The third kappa shape index (κ3) is 1.38. The Bertz CT molecular complexity index is 270. The van der Waals surface area contributed by atoms with E-state index in [2.05, 4.69) is 15.9 Å². The molecule has 0 aliphatic rings. The van der Waals surface area contributed by atoms with Crippen LogP contribution >= 0.6 is 15.9 Å². The zero-order valence-electron chi connectivity index (χ0n) is 6.28. The molecular formula is C8H8BrFO. The van der Waals surface area contributed by atoms with Gasteiger partial charge < -0.3 is 5.11 Å². The highest BCUT2D eigenvalue weighted by atomic mass is 79.9. The van der Waals surface area contributed by atoms with Gasteiger partial charge in [-0.2, -0.15) is 0 Å². The van der Waals surface area contributed by atoms with Crippen LogP contribution in [0.2, 0.25) is 0 Å². The number of phenols is 1. The molecule has 0 amide bonds. The molecule has 1 aromatic carbocycles. The molecule has 0 aromatic heterocycles. The Labute approximate surface area is 73.0 Å². The number of halogens is 2. The number of aromatic hydroxyl groups is 1. The molecule has 1 nitrogen and oxygen atoms in total. The SMILES string of the molecule is Cc1cc(O)c(Br)c(C)c1F. The first-order chi connectivity index (χ1) is 5.04. The maximum Gasteiger partial charge on any atom is 0.130 e. The smallest absolute Gasteiger partial charge is 0.130 e. The second-order valence-electron chi connectivity index (χ2n) is 2.47. The van der Waals surface area contributed by atoms with Crippen molar-refractivity contribution in [1.82, 2.24) is 0 Å². The summed E-state index contributed by atoms with van der Waals surface area (Å²) in [6.45, 7) is 3.24. The maximum absolute atomic E-state index is 13.0. The molecule has 0 aliphatic carbocycles. The highest BCUT2D eigenvalue weighted by Crippen LogP contribution is 2.30. The van der Waals surface area contributed by atoms with Crippen molar-refractivity contribution in [1.29, 1.82) is 0 Å². The Morgan fingerprint density at radius 1 is 1.45 bits per heavy atom. The molecule has 11 heavy (non-hydrogen) atoms. The van der Waals surface area contributed by atoms with Crippen molar-refractivity contribution in [3.05, 3.63) is 27.5 Å². The normalized spacial score (nSPS) is 10.2. The van der Waals surface area contributed by atoms with E-state index in [0.717, 1.165) is 0 Å². The second kappa shape index (κ2) is 2.81. The number of hydrogen-bond acceptors (Lipinski definition) is 1. The van der Waals surface area contributed by atoms with E-state index in [-0.39, 0.29) is 11.6 Å². The van der Waals surface area contributed by atoms with Crippen LogP contribution in [0.15, 0.2) is 10.5 Å². The number of aryl methyl sites for hydroxylation is 1. The summed E-state index contributed by atoms with van der Waals surface area (Å²) in [5, 5.41) is 9.19. The average molecular weight is 219 g/mol. The standard InChI is InChI=1S/C8H8BrFO/c1-4-3-6(11)7(9)5(2)8(4)10/h3,11H,1-2H3. The summed E-state index contributed by atoms with van der Waals surface area (Å²) in [5.41, 5.74) is 0.908. The minimum absolute atomic E-state index is 0.0846. The van der Waals surface area contributed by atoms with Crippen molar-refractivity contribution < 1.29 is 9.50 Å². The van der Waals surface area contributed by atoms with Crippen molar-refractivity contribution in [2.75, 3.05) is 0 Å². The van der Waals surface area contributed by atoms with Crippen LogP contribution in [0.1, 0.15) is 11.1 Å². The van der Waals surface area contributed by atoms with Crippen molar-refractivity contribution >= 4 is 15.9 Å². The predicted molar refractivity (Wildman–Crippen MR) is 45.2 cm³/mol. The van der Waals surface area contributed by atoms with Gasteiger partial charge in [0.25, 0.3) is 0 Å². The van der Waals surface area contributed by atoms with E-state index in [1.54, 1.807) is 13.8 Å². The summed E-state index contributed by atoms with van der Waals surface area (Å²) < 4.78 is 13.5. The van der Waals surface area contributed by atoms with Crippen LogP contribution in [-0.4, -0.2) is 5.11 Å². The van der Waals surface area contributed by atoms with Gasteiger partial charge in [0, 0.05) is 5.56 Å². The van der Waals surface area contributed by atoms with Crippen molar-refractivity contribution in [3.63, 3.8) is 0 Å². The molecule has 1 N–H and O–H groups in total. The lowest BCUT2D eigenvalue weighted by Gasteiger charge is -2.04. The summed E-state index contributed by atoms with van der Waals surface area (Å²) in [7, 11) is 0. The molecule has 0 unspecified atom stereocenters. The molecule has 0 aliphatic heterocycles. The summed E-state index contributed by atoms with van der Waals surface area (Å²) in [4.78, 5) is 0. The number of benzene rings is 1. The Morgan fingerprint density at radius 3 is 2.55 bits per heavy atom. The molecule has 0 atom stereocenters. The number of rotatable bonds is 0. The largest absolute Gasteiger partial charge is 0.507 e. The van der Waals surface area contributed by atoms with E-state index >= 15 is 0 Å². The maximum atomic E-state index is 13.0. The van der Waals surface area contributed by atoms with Gasteiger partial charge in [0.05, 0.1) is 4.47 Å². The average Bonchev–Trinajstić information content (AvgIpc) is 1.97. The van der Waals surface area contributed by atoms with Gasteiger partial charge in [0.15, 0.2) is 0 Å². The fourth-order valence-electron chi connectivity index (χ4n) is 0.916. The van der Waals surface area contributed by atoms with E-state index in [4.69, 9.17) is 0 Å². The van der Waals surface area contributed by atoms with Gasteiger partial charge in [-0.25, -0.2) is 4.39 Å². The molecular weight excluding hydrogens is 211 g/mol. The summed E-state index contributed by atoms with van der Waals surface area (Å²) in [6, 6.07) is 1.40. The summed E-state index contributed by atoms with van der Waals surface area (Å²) in [6.07, 6.45) is 0. The van der Waals surface area contributed by atoms with E-state index in [1.165, 1.54) is 6.07 Å². The van der Waals surface area contributed by atoms with Gasteiger partial charge in [-0.05, 0) is 41.4 Å². The fraction of sp³-hybridized carbons (Fsp3) is 0.250. The van der Waals surface area contributed by atoms with Crippen LogP contribution in [0.4, 0.5) is 4.39 Å². The molecule has 0 fully saturated rings. The fourth-order valence-corrected chi connectivity index (χ4v) is 1.20. The van der Waals surface area contributed by atoms with Crippen molar-refractivity contribution in [3.8, 4) is 5.75 Å². The molecule has 3 heteroatoms. The third-order valence-electron chi connectivity index (χ3n) is 1.58. The number of hydrogen-bond donors (Lipinski definition) is 1. The molecule has 0 heterocycles. The molecule has 0 radical (unpaired) electrons. The molecule has 0 saturated carbocycles. The van der Waals surface area contributed by atoms with Crippen LogP contribution in [0, 0.1) is 19.7 Å².